The Labute approximate surface area is 107 Å². The molecular formula is C13H24O3S. The molecule has 0 spiro atoms. The molecule has 0 heterocycles. The van der Waals surface area contributed by atoms with Crippen molar-refractivity contribution in [1.82, 2.24) is 0 Å². The highest BCUT2D eigenvalue weighted by molar-refractivity contribution is 7.85. The molecule has 3 nitrogen and oxygen atoms in total. The van der Waals surface area contributed by atoms with Gasteiger partial charge >= 0.3 is 5.97 Å². The Bertz CT molecular complexity index is 282. The summed E-state index contributed by atoms with van der Waals surface area (Å²) in [7, 11) is 0.645. The van der Waals surface area contributed by atoms with Gasteiger partial charge in [-0.2, -0.15) is 0 Å². The van der Waals surface area contributed by atoms with Crippen molar-refractivity contribution in [2.45, 2.75) is 46.0 Å². The van der Waals surface area contributed by atoms with Crippen molar-refractivity contribution < 1.29 is 13.7 Å². The Morgan fingerprint density at radius 1 is 1.41 bits per heavy atom. The lowest BCUT2D eigenvalue weighted by molar-refractivity contribution is -0.141. The highest BCUT2D eigenvalue weighted by Crippen LogP contribution is 2.49. The molecule has 17 heavy (non-hydrogen) atoms. The molecule has 0 bridgehead atoms. The maximum absolute atomic E-state index is 11.9. The number of carbonyl (C=O) groups excluding carboxylic acids is 1. The fourth-order valence-corrected chi connectivity index (χ4v) is 3.70. The lowest BCUT2D eigenvalue weighted by Gasteiger charge is -2.13. The summed E-state index contributed by atoms with van der Waals surface area (Å²) in [4.78, 5) is 11.2. The maximum atomic E-state index is 11.9. The number of ether oxygens (including phenoxy) is 1. The maximum Gasteiger partial charge on any atom is 0.306 e. The van der Waals surface area contributed by atoms with Crippen LogP contribution in [0, 0.1) is 11.3 Å². The average molecular weight is 260 g/mol. The molecule has 0 amide bonds. The lowest BCUT2D eigenvalue weighted by atomic mass is 10.1. The minimum absolute atomic E-state index is 0.00971. The van der Waals surface area contributed by atoms with Gasteiger partial charge in [0, 0.05) is 22.3 Å². The lowest BCUT2D eigenvalue weighted by Crippen LogP contribution is -2.19. The van der Waals surface area contributed by atoms with Crippen LogP contribution >= 0.6 is 0 Å². The molecule has 1 aliphatic rings. The highest BCUT2D eigenvalue weighted by atomic mass is 32.2. The fourth-order valence-electron chi connectivity index (χ4n) is 1.99. The Kier molecular flexibility index (Phi) is 5.63. The monoisotopic (exact) mass is 260 g/mol. The van der Waals surface area contributed by atoms with E-state index in [0.717, 1.165) is 31.4 Å². The van der Waals surface area contributed by atoms with E-state index in [1.165, 1.54) is 7.11 Å². The molecule has 0 aromatic heterocycles. The summed E-state index contributed by atoms with van der Waals surface area (Å²) in [5.41, 5.74) is 0.00971. The molecule has 0 N–H and O–H groups in total. The van der Waals surface area contributed by atoms with Crippen LogP contribution in [0.15, 0.2) is 0 Å². The second-order valence-corrected chi connectivity index (χ2v) is 7.15. The zero-order valence-electron chi connectivity index (χ0n) is 11.2. The summed E-state index contributed by atoms with van der Waals surface area (Å²) in [6, 6.07) is 0. The van der Waals surface area contributed by atoms with Crippen LogP contribution in [0.25, 0.3) is 0 Å². The number of esters is 1. The van der Waals surface area contributed by atoms with Gasteiger partial charge in [0.05, 0.1) is 13.5 Å². The van der Waals surface area contributed by atoms with E-state index in [9.17, 15) is 9.00 Å². The zero-order chi connectivity index (χ0) is 12.9. The van der Waals surface area contributed by atoms with Gasteiger partial charge in [0.1, 0.15) is 0 Å². The third kappa shape index (κ3) is 5.66. The van der Waals surface area contributed by atoms with Gasteiger partial charge in [-0.25, -0.2) is 0 Å². The average Bonchev–Trinajstić information content (AvgIpc) is 2.96. The minimum atomic E-state index is -0.770. The molecule has 0 aromatic rings. The first-order valence-electron chi connectivity index (χ1n) is 6.39. The second-order valence-electron chi connectivity index (χ2n) is 5.58. The third-order valence-corrected chi connectivity index (χ3v) is 5.00. The highest BCUT2D eigenvalue weighted by Gasteiger charge is 2.45. The second kappa shape index (κ2) is 6.53. The molecule has 0 aliphatic heterocycles. The number of carbonyl (C=O) groups is 1. The fraction of sp³-hybridized carbons (Fsp3) is 0.923. The topological polar surface area (TPSA) is 43.4 Å². The van der Waals surface area contributed by atoms with Gasteiger partial charge < -0.3 is 4.74 Å². The van der Waals surface area contributed by atoms with Gasteiger partial charge in [-0.15, -0.1) is 0 Å². The van der Waals surface area contributed by atoms with Crippen LogP contribution in [0.2, 0.25) is 0 Å². The van der Waals surface area contributed by atoms with Gasteiger partial charge in [-0.05, 0) is 30.6 Å². The molecular weight excluding hydrogens is 236 g/mol. The Hall–Kier alpha value is -0.380. The van der Waals surface area contributed by atoms with Crippen molar-refractivity contribution in [3.05, 3.63) is 0 Å². The number of hydrogen-bond acceptors (Lipinski definition) is 3. The summed E-state index contributed by atoms with van der Waals surface area (Å²) >= 11 is 0. The number of hydrogen-bond donors (Lipinski definition) is 0. The SMILES string of the molecule is COC(=O)CC1(CS(=O)CCCC(C)C)CC1. The van der Waals surface area contributed by atoms with E-state index in [1.54, 1.807) is 0 Å². The van der Waals surface area contributed by atoms with Crippen LogP contribution < -0.4 is 0 Å². The third-order valence-electron chi connectivity index (χ3n) is 3.32. The molecule has 1 aliphatic carbocycles. The first kappa shape index (κ1) is 14.7. The van der Waals surface area contributed by atoms with Gasteiger partial charge in [0.15, 0.2) is 0 Å². The Morgan fingerprint density at radius 2 is 2.06 bits per heavy atom. The smallest absolute Gasteiger partial charge is 0.306 e. The van der Waals surface area contributed by atoms with Gasteiger partial charge in [-0.3, -0.25) is 9.00 Å². The van der Waals surface area contributed by atoms with Crippen molar-refractivity contribution in [3.63, 3.8) is 0 Å². The van der Waals surface area contributed by atoms with Crippen LogP contribution in [-0.4, -0.2) is 28.8 Å². The first-order valence-corrected chi connectivity index (χ1v) is 7.88. The van der Waals surface area contributed by atoms with E-state index in [-0.39, 0.29) is 11.4 Å². The summed E-state index contributed by atoms with van der Waals surface area (Å²) in [6.07, 6.45) is 4.66. The van der Waals surface area contributed by atoms with E-state index in [1.807, 2.05) is 0 Å². The van der Waals surface area contributed by atoms with E-state index in [2.05, 4.69) is 18.6 Å². The molecule has 100 valence electrons. The number of rotatable bonds is 8. The zero-order valence-corrected chi connectivity index (χ0v) is 12.0. The Morgan fingerprint density at radius 3 is 2.53 bits per heavy atom. The van der Waals surface area contributed by atoms with Gasteiger partial charge in [0.25, 0.3) is 0 Å². The summed E-state index contributed by atoms with van der Waals surface area (Å²) in [6.45, 7) is 4.37. The molecule has 1 atom stereocenters. The van der Waals surface area contributed by atoms with Crippen molar-refractivity contribution in [2.75, 3.05) is 18.6 Å². The van der Waals surface area contributed by atoms with E-state index in [0.29, 0.717) is 18.1 Å². The van der Waals surface area contributed by atoms with Crippen molar-refractivity contribution in [2.24, 2.45) is 11.3 Å². The molecule has 1 unspecified atom stereocenters. The predicted octanol–water partition coefficient (Wildman–Crippen LogP) is 2.51. The molecule has 1 fully saturated rings. The summed E-state index contributed by atoms with van der Waals surface area (Å²) < 4.78 is 16.6. The van der Waals surface area contributed by atoms with Crippen molar-refractivity contribution in [1.29, 1.82) is 0 Å². The molecule has 0 aromatic carbocycles. The molecule has 1 saturated carbocycles. The van der Waals surface area contributed by atoms with Crippen molar-refractivity contribution >= 4 is 16.8 Å². The largest absolute Gasteiger partial charge is 0.469 e. The minimum Gasteiger partial charge on any atom is -0.469 e. The van der Waals surface area contributed by atoms with Crippen LogP contribution in [-0.2, 0) is 20.3 Å². The molecule has 0 radical (unpaired) electrons. The quantitative estimate of drug-likeness (QED) is 0.630. The summed E-state index contributed by atoms with van der Waals surface area (Å²) in [5.74, 6) is 1.97. The summed E-state index contributed by atoms with van der Waals surface area (Å²) in [5, 5.41) is 0. The molecule has 0 saturated heterocycles. The van der Waals surface area contributed by atoms with E-state index >= 15 is 0 Å². The van der Waals surface area contributed by atoms with Gasteiger partial charge in [0.2, 0.25) is 0 Å². The number of methoxy groups -OCH3 is 1. The normalized spacial score (nSPS) is 19.1. The van der Waals surface area contributed by atoms with E-state index in [4.69, 9.17) is 0 Å². The van der Waals surface area contributed by atoms with Gasteiger partial charge in [-0.1, -0.05) is 20.3 Å². The molecule has 1 rings (SSSR count). The standard InChI is InChI=1S/C13H24O3S/c1-11(2)5-4-8-17(15)10-13(6-7-13)9-12(14)16-3/h11H,4-10H2,1-3H3. The van der Waals surface area contributed by atoms with E-state index < -0.39 is 10.8 Å². The van der Waals surface area contributed by atoms with Crippen LogP contribution in [0.1, 0.15) is 46.0 Å². The van der Waals surface area contributed by atoms with Crippen LogP contribution in [0.3, 0.4) is 0 Å². The van der Waals surface area contributed by atoms with Crippen LogP contribution in [0.5, 0.6) is 0 Å². The van der Waals surface area contributed by atoms with Crippen LogP contribution in [0.4, 0.5) is 0 Å². The predicted molar refractivity (Wildman–Crippen MR) is 70.2 cm³/mol. The molecule has 4 heteroatoms. The first-order chi connectivity index (χ1) is 7.97. The Balaban J connectivity index is 2.24. The van der Waals surface area contributed by atoms with Crippen molar-refractivity contribution in [3.8, 4) is 0 Å².